The van der Waals surface area contributed by atoms with Crippen molar-refractivity contribution in [2.75, 3.05) is 0 Å². The molecule has 0 radical (unpaired) electrons. The molecule has 2 heterocycles. The molecule has 0 fully saturated rings. The van der Waals surface area contributed by atoms with Gasteiger partial charge in [0, 0.05) is 18.5 Å². The number of phenols is 1. The Morgan fingerprint density at radius 1 is 1.35 bits per heavy atom. The molecule has 0 saturated carbocycles. The summed E-state index contributed by atoms with van der Waals surface area (Å²) in [7, 11) is 0. The third-order valence-corrected chi connectivity index (χ3v) is 3.31. The predicted molar refractivity (Wildman–Crippen MR) is 64.6 cm³/mol. The number of rotatable bonds is 1. The zero-order chi connectivity index (χ0) is 11.8. The zero-order valence-corrected chi connectivity index (χ0v) is 9.80. The van der Waals surface area contributed by atoms with E-state index in [1.54, 1.807) is 12.1 Å². The van der Waals surface area contributed by atoms with Crippen molar-refractivity contribution in [1.82, 2.24) is 14.8 Å². The Labute approximate surface area is 99.9 Å². The maximum Gasteiger partial charge on any atom is 0.164 e. The van der Waals surface area contributed by atoms with Crippen LogP contribution in [0.4, 0.5) is 0 Å². The van der Waals surface area contributed by atoms with Crippen molar-refractivity contribution in [1.29, 1.82) is 0 Å². The van der Waals surface area contributed by atoms with Crippen LogP contribution in [0.15, 0.2) is 24.3 Å². The summed E-state index contributed by atoms with van der Waals surface area (Å²) in [6.07, 6.45) is 2.16. The number of aromatic hydroxyl groups is 1. The fraction of sp³-hybridized carbons (Fsp3) is 0.385. The molecule has 2 aromatic rings. The van der Waals surface area contributed by atoms with Crippen molar-refractivity contribution < 1.29 is 5.11 Å². The topological polar surface area (TPSA) is 50.9 Å². The van der Waals surface area contributed by atoms with Crippen LogP contribution in [0.25, 0.3) is 11.4 Å². The van der Waals surface area contributed by atoms with E-state index in [9.17, 15) is 5.11 Å². The minimum absolute atomic E-state index is 0.268. The molecule has 17 heavy (non-hydrogen) atoms. The fourth-order valence-corrected chi connectivity index (χ4v) is 2.34. The summed E-state index contributed by atoms with van der Waals surface area (Å²) in [5, 5.41) is 18.0. The van der Waals surface area contributed by atoms with Gasteiger partial charge >= 0.3 is 0 Å². The lowest BCUT2D eigenvalue weighted by atomic mass is 10.00. The van der Waals surface area contributed by atoms with E-state index in [2.05, 4.69) is 21.7 Å². The van der Waals surface area contributed by atoms with Gasteiger partial charge in [-0.15, -0.1) is 10.2 Å². The number of phenolic OH excluding ortho intramolecular Hbond substituents is 1. The van der Waals surface area contributed by atoms with E-state index >= 15 is 0 Å². The van der Waals surface area contributed by atoms with E-state index in [-0.39, 0.29) is 5.75 Å². The van der Waals surface area contributed by atoms with E-state index in [4.69, 9.17) is 0 Å². The molecular weight excluding hydrogens is 214 g/mol. The molecule has 0 bridgehead atoms. The quantitative estimate of drug-likeness (QED) is 0.815. The SMILES string of the molecule is CC1CCn2c(nnc2-c2cccc(O)c2)C1. The molecule has 0 aliphatic carbocycles. The van der Waals surface area contributed by atoms with Crippen LogP contribution in [-0.4, -0.2) is 19.9 Å². The lowest BCUT2D eigenvalue weighted by molar-refractivity contribution is 0.411. The second kappa shape index (κ2) is 3.87. The van der Waals surface area contributed by atoms with Gasteiger partial charge in [0.1, 0.15) is 11.6 Å². The Bertz CT molecular complexity index is 547. The van der Waals surface area contributed by atoms with Crippen LogP contribution in [0.5, 0.6) is 5.75 Å². The molecule has 0 saturated heterocycles. The lowest BCUT2D eigenvalue weighted by Crippen LogP contribution is -2.17. The summed E-state index contributed by atoms with van der Waals surface area (Å²) >= 11 is 0. The molecule has 1 aliphatic rings. The number of hydrogen-bond donors (Lipinski definition) is 1. The highest BCUT2D eigenvalue weighted by molar-refractivity contribution is 5.57. The van der Waals surface area contributed by atoms with Crippen molar-refractivity contribution in [3.05, 3.63) is 30.1 Å². The number of nitrogens with zero attached hydrogens (tertiary/aromatic N) is 3. The highest BCUT2D eigenvalue weighted by Gasteiger charge is 2.20. The molecule has 0 amide bonds. The average molecular weight is 229 g/mol. The Hall–Kier alpha value is -1.84. The molecule has 4 heteroatoms. The Kier molecular flexibility index (Phi) is 2.35. The van der Waals surface area contributed by atoms with Gasteiger partial charge in [0.05, 0.1) is 0 Å². The summed E-state index contributed by atoms with van der Waals surface area (Å²) in [5.41, 5.74) is 0.929. The van der Waals surface area contributed by atoms with Crippen LogP contribution < -0.4 is 0 Å². The van der Waals surface area contributed by atoms with Gasteiger partial charge in [-0.3, -0.25) is 0 Å². The minimum atomic E-state index is 0.268. The van der Waals surface area contributed by atoms with Gasteiger partial charge in [-0.1, -0.05) is 19.1 Å². The molecule has 3 rings (SSSR count). The van der Waals surface area contributed by atoms with E-state index in [0.717, 1.165) is 36.6 Å². The molecule has 1 aromatic heterocycles. The zero-order valence-electron chi connectivity index (χ0n) is 9.80. The molecule has 88 valence electrons. The number of aromatic nitrogens is 3. The third kappa shape index (κ3) is 1.79. The molecule has 1 aliphatic heterocycles. The Morgan fingerprint density at radius 2 is 2.24 bits per heavy atom. The van der Waals surface area contributed by atoms with Crippen molar-refractivity contribution in [3.63, 3.8) is 0 Å². The van der Waals surface area contributed by atoms with E-state index in [1.165, 1.54) is 0 Å². The van der Waals surface area contributed by atoms with Gasteiger partial charge in [0.25, 0.3) is 0 Å². The Balaban J connectivity index is 2.05. The normalized spacial score (nSPS) is 19.0. The summed E-state index contributed by atoms with van der Waals surface area (Å²) < 4.78 is 2.16. The van der Waals surface area contributed by atoms with Gasteiger partial charge in [-0.05, 0) is 24.5 Å². The largest absolute Gasteiger partial charge is 0.508 e. The maximum atomic E-state index is 9.50. The first kappa shape index (κ1) is 10.3. The second-order valence-electron chi connectivity index (χ2n) is 4.74. The molecule has 1 unspecified atom stereocenters. The number of fused-ring (bicyclic) bond motifs is 1. The van der Waals surface area contributed by atoms with Crippen molar-refractivity contribution in [2.45, 2.75) is 26.3 Å². The van der Waals surface area contributed by atoms with E-state index in [1.807, 2.05) is 12.1 Å². The first-order valence-electron chi connectivity index (χ1n) is 5.95. The van der Waals surface area contributed by atoms with Crippen molar-refractivity contribution in [3.8, 4) is 17.1 Å². The van der Waals surface area contributed by atoms with E-state index < -0.39 is 0 Å². The molecule has 1 aromatic carbocycles. The predicted octanol–water partition coefficient (Wildman–Crippen LogP) is 2.23. The highest BCUT2D eigenvalue weighted by atomic mass is 16.3. The number of hydrogen-bond acceptors (Lipinski definition) is 3. The molecule has 1 atom stereocenters. The fourth-order valence-electron chi connectivity index (χ4n) is 2.34. The van der Waals surface area contributed by atoms with Gasteiger partial charge < -0.3 is 9.67 Å². The second-order valence-corrected chi connectivity index (χ2v) is 4.74. The summed E-state index contributed by atoms with van der Waals surface area (Å²) in [5.74, 6) is 2.87. The van der Waals surface area contributed by atoms with Gasteiger partial charge in [0.2, 0.25) is 0 Å². The smallest absolute Gasteiger partial charge is 0.164 e. The summed E-state index contributed by atoms with van der Waals surface area (Å²) in [4.78, 5) is 0. The Morgan fingerprint density at radius 3 is 3.06 bits per heavy atom. The standard InChI is InChI=1S/C13H15N3O/c1-9-5-6-16-12(7-9)14-15-13(16)10-3-2-4-11(17)8-10/h2-4,8-9,17H,5-7H2,1H3. The van der Waals surface area contributed by atoms with Crippen molar-refractivity contribution >= 4 is 0 Å². The van der Waals surface area contributed by atoms with Crippen LogP contribution in [0.2, 0.25) is 0 Å². The van der Waals surface area contributed by atoms with E-state index in [0.29, 0.717) is 5.92 Å². The maximum absolute atomic E-state index is 9.50. The van der Waals surface area contributed by atoms with Gasteiger partial charge in [-0.2, -0.15) is 0 Å². The summed E-state index contributed by atoms with van der Waals surface area (Å²) in [6.45, 7) is 3.21. The summed E-state index contributed by atoms with van der Waals surface area (Å²) in [6, 6.07) is 7.18. The third-order valence-electron chi connectivity index (χ3n) is 3.31. The minimum Gasteiger partial charge on any atom is -0.508 e. The first-order chi connectivity index (χ1) is 8.24. The lowest BCUT2D eigenvalue weighted by Gasteiger charge is -2.20. The number of benzene rings is 1. The van der Waals surface area contributed by atoms with Gasteiger partial charge in [-0.25, -0.2) is 0 Å². The molecule has 0 spiro atoms. The van der Waals surface area contributed by atoms with Crippen LogP contribution in [0, 0.1) is 5.92 Å². The van der Waals surface area contributed by atoms with Crippen LogP contribution in [0.1, 0.15) is 19.2 Å². The van der Waals surface area contributed by atoms with Crippen LogP contribution in [0.3, 0.4) is 0 Å². The van der Waals surface area contributed by atoms with Gasteiger partial charge in [0.15, 0.2) is 5.82 Å². The molecule has 1 N–H and O–H groups in total. The van der Waals surface area contributed by atoms with Crippen LogP contribution in [-0.2, 0) is 13.0 Å². The molecular formula is C13H15N3O. The van der Waals surface area contributed by atoms with Crippen LogP contribution >= 0.6 is 0 Å². The van der Waals surface area contributed by atoms with Crippen molar-refractivity contribution in [2.24, 2.45) is 5.92 Å². The highest BCUT2D eigenvalue weighted by Crippen LogP contribution is 2.26. The average Bonchev–Trinajstić information content (AvgIpc) is 2.71. The molecule has 4 nitrogen and oxygen atoms in total. The monoisotopic (exact) mass is 229 g/mol. The first-order valence-corrected chi connectivity index (χ1v) is 5.95.